The zero-order valence-corrected chi connectivity index (χ0v) is 6.92. The molecule has 0 heterocycles. The van der Waals surface area contributed by atoms with Gasteiger partial charge < -0.3 is 4.74 Å². The third-order valence-corrected chi connectivity index (χ3v) is 2.42. The number of rotatable bonds is 1. The van der Waals surface area contributed by atoms with Gasteiger partial charge in [-0.05, 0) is 5.41 Å². The van der Waals surface area contributed by atoms with Gasteiger partial charge in [0.2, 0.25) is 0 Å². The fourth-order valence-electron chi connectivity index (χ4n) is 1.45. The van der Waals surface area contributed by atoms with Gasteiger partial charge in [0.05, 0.1) is 25.0 Å². The van der Waals surface area contributed by atoms with E-state index in [2.05, 4.69) is 10.8 Å². The van der Waals surface area contributed by atoms with Crippen LogP contribution < -0.4 is 0 Å². The second kappa shape index (κ2) is 2.23. The smallest absolute Gasteiger partial charge is 0.310 e. The van der Waals surface area contributed by atoms with Crippen LogP contribution in [-0.4, -0.2) is 13.1 Å². The van der Waals surface area contributed by atoms with E-state index < -0.39 is 0 Å². The summed E-state index contributed by atoms with van der Waals surface area (Å²) in [5, 5.41) is 8.60. The molecule has 0 saturated heterocycles. The zero-order valence-electron chi connectivity index (χ0n) is 6.92. The topological polar surface area (TPSA) is 50.1 Å². The highest BCUT2D eigenvalue weighted by Gasteiger charge is 2.63. The molecule has 60 valence electrons. The molecule has 0 aromatic carbocycles. The minimum atomic E-state index is -0.262. The highest BCUT2D eigenvalue weighted by atomic mass is 16.5. The Balaban J connectivity index is 2.68. The van der Waals surface area contributed by atoms with Crippen molar-refractivity contribution in [1.82, 2.24) is 0 Å². The molecular formula is C8H11NO2. The van der Waals surface area contributed by atoms with Crippen LogP contribution in [0.25, 0.3) is 0 Å². The van der Waals surface area contributed by atoms with E-state index in [9.17, 15) is 4.79 Å². The minimum absolute atomic E-state index is 0.157. The van der Waals surface area contributed by atoms with Crippen molar-refractivity contribution in [2.75, 3.05) is 7.11 Å². The van der Waals surface area contributed by atoms with Crippen LogP contribution in [0.5, 0.6) is 0 Å². The maximum Gasteiger partial charge on any atom is 0.310 e. The Hall–Kier alpha value is -1.04. The largest absolute Gasteiger partial charge is 0.469 e. The molecule has 2 atom stereocenters. The van der Waals surface area contributed by atoms with Crippen molar-refractivity contribution >= 4 is 5.97 Å². The van der Waals surface area contributed by atoms with Gasteiger partial charge in [0.15, 0.2) is 0 Å². The lowest BCUT2D eigenvalue weighted by Crippen LogP contribution is -2.07. The van der Waals surface area contributed by atoms with Gasteiger partial charge >= 0.3 is 5.97 Å². The molecule has 3 heteroatoms. The summed E-state index contributed by atoms with van der Waals surface area (Å²) in [6, 6.07) is 2.09. The zero-order chi connectivity index (χ0) is 8.65. The summed E-state index contributed by atoms with van der Waals surface area (Å²) in [7, 11) is 1.35. The van der Waals surface area contributed by atoms with Crippen LogP contribution in [0.15, 0.2) is 0 Å². The maximum atomic E-state index is 11.0. The summed E-state index contributed by atoms with van der Waals surface area (Å²) in [5.41, 5.74) is -0.179. The van der Waals surface area contributed by atoms with E-state index in [0.717, 1.165) is 0 Å². The van der Waals surface area contributed by atoms with E-state index in [1.54, 1.807) is 0 Å². The Bertz CT molecular complexity index is 227. The third kappa shape index (κ3) is 0.988. The predicted octanol–water partition coefficient (Wildman–Crippen LogP) is 0.955. The molecule has 0 amide bonds. The van der Waals surface area contributed by atoms with Crippen LogP contribution in [0.1, 0.15) is 13.8 Å². The molecule has 0 aromatic rings. The van der Waals surface area contributed by atoms with Crippen LogP contribution in [0.2, 0.25) is 0 Å². The van der Waals surface area contributed by atoms with Crippen molar-refractivity contribution < 1.29 is 9.53 Å². The second-order valence-electron chi connectivity index (χ2n) is 3.43. The van der Waals surface area contributed by atoms with E-state index in [-0.39, 0.29) is 23.2 Å². The molecule has 11 heavy (non-hydrogen) atoms. The van der Waals surface area contributed by atoms with Crippen molar-refractivity contribution in [2.24, 2.45) is 17.3 Å². The third-order valence-electron chi connectivity index (χ3n) is 2.42. The number of ether oxygens (including phenoxy) is 1. The molecular weight excluding hydrogens is 142 g/mol. The summed E-state index contributed by atoms with van der Waals surface area (Å²) in [6.45, 7) is 3.81. The first-order valence-electron chi connectivity index (χ1n) is 3.53. The van der Waals surface area contributed by atoms with Crippen molar-refractivity contribution in [2.45, 2.75) is 13.8 Å². The Labute approximate surface area is 66.0 Å². The number of methoxy groups -OCH3 is 1. The minimum Gasteiger partial charge on any atom is -0.469 e. The van der Waals surface area contributed by atoms with Crippen molar-refractivity contribution in [3.8, 4) is 6.07 Å². The summed E-state index contributed by atoms with van der Waals surface area (Å²) < 4.78 is 4.55. The molecule has 0 spiro atoms. The van der Waals surface area contributed by atoms with Gasteiger partial charge in [-0.1, -0.05) is 13.8 Å². The van der Waals surface area contributed by atoms with Gasteiger partial charge in [0, 0.05) is 0 Å². The molecule has 3 nitrogen and oxygen atoms in total. The van der Waals surface area contributed by atoms with E-state index in [1.165, 1.54) is 7.11 Å². The normalized spacial score (nSPS) is 32.2. The fourth-order valence-corrected chi connectivity index (χ4v) is 1.45. The summed E-state index contributed by atoms with van der Waals surface area (Å²) in [4.78, 5) is 11.0. The SMILES string of the molecule is COC(=O)[C@H]1[C@@H](C#N)C1(C)C. The Morgan fingerprint density at radius 3 is 2.45 bits per heavy atom. The lowest BCUT2D eigenvalue weighted by Gasteiger charge is -1.98. The molecule has 1 fully saturated rings. The first-order chi connectivity index (χ1) is 5.05. The van der Waals surface area contributed by atoms with Gasteiger partial charge in [0.25, 0.3) is 0 Å². The van der Waals surface area contributed by atoms with Gasteiger partial charge in [-0.3, -0.25) is 4.79 Å². The molecule has 0 aromatic heterocycles. The molecule has 0 aliphatic heterocycles. The Morgan fingerprint density at radius 2 is 2.18 bits per heavy atom. The average molecular weight is 153 g/mol. The van der Waals surface area contributed by atoms with Crippen LogP contribution in [-0.2, 0) is 9.53 Å². The number of nitrogens with zero attached hydrogens (tertiary/aromatic N) is 1. The first kappa shape index (κ1) is 8.06. The maximum absolute atomic E-state index is 11.0. The molecule has 0 N–H and O–H groups in total. The molecule has 1 aliphatic carbocycles. The Morgan fingerprint density at radius 1 is 1.64 bits per heavy atom. The van der Waals surface area contributed by atoms with Crippen LogP contribution in [0.3, 0.4) is 0 Å². The Kier molecular flexibility index (Phi) is 1.63. The number of hydrogen-bond donors (Lipinski definition) is 0. The summed E-state index contributed by atoms with van der Waals surface area (Å²) in [6.07, 6.45) is 0. The van der Waals surface area contributed by atoms with Crippen molar-refractivity contribution in [3.05, 3.63) is 0 Å². The van der Waals surface area contributed by atoms with Crippen molar-refractivity contribution in [3.63, 3.8) is 0 Å². The molecule has 0 radical (unpaired) electrons. The van der Waals surface area contributed by atoms with E-state index in [4.69, 9.17) is 5.26 Å². The molecule has 0 unspecified atom stereocenters. The number of carbonyl (C=O) groups is 1. The number of hydrogen-bond acceptors (Lipinski definition) is 3. The number of nitriles is 1. The highest BCUT2D eigenvalue weighted by molar-refractivity contribution is 5.78. The summed E-state index contributed by atoms with van der Waals surface area (Å²) >= 11 is 0. The van der Waals surface area contributed by atoms with E-state index >= 15 is 0 Å². The van der Waals surface area contributed by atoms with Crippen LogP contribution >= 0.6 is 0 Å². The van der Waals surface area contributed by atoms with Gasteiger partial charge in [-0.2, -0.15) is 5.26 Å². The number of carbonyl (C=O) groups excluding carboxylic acids is 1. The lowest BCUT2D eigenvalue weighted by molar-refractivity contribution is -0.143. The van der Waals surface area contributed by atoms with Crippen LogP contribution in [0.4, 0.5) is 0 Å². The quantitative estimate of drug-likeness (QED) is 0.527. The fraction of sp³-hybridized carbons (Fsp3) is 0.750. The summed E-state index contributed by atoms with van der Waals surface area (Å²) in [5.74, 6) is -0.631. The second-order valence-corrected chi connectivity index (χ2v) is 3.43. The predicted molar refractivity (Wildman–Crippen MR) is 38.4 cm³/mol. The van der Waals surface area contributed by atoms with E-state index in [1.807, 2.05) is 13.8 Å². The monoisotopic (exact) mass is 153 g/mol. The van der Waals surface area contributed by atoms with Gasteiger partial charge in [0.1, 0.15) is 0 Å². The molecule has 1 rings (SSSR count). The van der Waals surface area contributed by atoms with Gasteiger partial charge in [-0.25, -0.2) is 0 Å². The molecule has 1 aliphatic rings. The first-order valence-corrected chi connectivity index (χ1v) is 3.53. The highest BCUT2D eigenvalue weighted by Crippen LogP contribution is 2.58. The van der Waals surface area contributed by atoms with E-state index in [0.29, 0.717) is 0 Å². The lowest BCUT2D eigenvalue weighted by atomic mass is 10.1. The average Bonchev–Trinajstić information content (AvgIpc) is 2.51. The number of esters is 1. The molecule has 0 bridgehead atoms. The van der Waals surface area contributed by atoms with Crippen LogP contribution in [0, 0.1) is 28.6 Å². The van der Waals surface area contributed by atoms with Crippen molar-refractivity contribution in [1.29, 1.82) is 5.26 Å². The standard InChI is InChI=1S/C8H11NO2/c1-8(2)5(4-9)6(8)7(10)11-3/h5-6H,1-3H3/t5-,6-/m1/s1. The molecule has 1 saturated carbocycles. The van der Waals surface area contributed by atoms with Gasteiger partial charge in [-0.15, -0.1) is 0 Å².